The summed E-state index contributed by atoms with van der Waals surface area (Å²) in [6.07, 6.45) is 9.08. The summed E-state index contributed by atoms with van der Waals surface area (Å²) in [4.78, 5) is 17.3. The van der Waals surface area contributed by atoms with Crippen LogP contribution in [0.3, 0.4) is 0 Å². The standard InChI is InChI=1S/C52H37N5/c1-52-32-14-13-23-48(52)57(40-27-24-38(25-28-40)51-54-49(36-17-7-3-8-18-36)53-50(55-51)37-19-9-4-10-20-37)47-31-29-41(34-44(47)52)56-45-22-12-11-21-42(45)43-33-39(26-30-46(43)56)35-15-5-2-6-16-35/h2-34,48H,1H3. The first kappa shape index (κ1) is 33.0. The van der Waals surface area contributed by atoms with Crippen LogP contribution in [0.1, 0.15) is 12.5 Å². The summed E-state index contributed by atoms with van der Waals surface area (Å²) in [5, 5.41) is 2.51. The summed E-state index contributed by atoms with van der Waals surface area (Å²) in [6.45, 7) is 2.37. The maximum Gasteiger partial charge on any atom is 0.164 e. The third-order valence-corrected chi connectivity index (χ3v) is 11.7. The van der Waals surface area contributed by atoms with Crippen LogP contribution >= 0.6 is 0 Å². The summed E-state index contributed by atoms with van der Waals surface area (Å²) in [6, 6.07) is 62.3. The van der Waals surface area contributed by atoms with Crippen molar-refractivity contribution in [2.24, 2.45) is 0 Å². The number of benzene rings is 7. The molecule has 0 fully saturated rings. The van der Waals surface area contributed by atoms with Crippen LogP contribution in [0.2, 0.25) is 0 Å². The Hall–Kier alpha value is -7.37. The van der Waals surface area contributed by atoms with Gasteiger partial charge in [0.15, 0.2) is 17.5 Å². The van der Waals surface area contributed by atoms with Crippen LogP contribution in [-0.2, 0) is 5.41 Å². The number of aromatic nitrogens is 4. The fraction of sp³-hybridized carbons (Fsp3) is 0.0577. The first-order valence-electron chi connectivity index (χ1n) is 19.5. The summed E-state index contributed by atoms with van der Waals surface area (Å²) in [5.74, 6) is 1.96. The highest BCUT2D eigenvalue weighted by Crippen LogP contribution is 2.52. The van der Waals surface area contributed by atoms with Crippen LogP contribution in [-0.4, -0.2) is 25.6 Å². The van der Waals surface area contributed by atoms with E-state index in [0.29, 0.717) is 17.5 Å². The van der Waals surface area contributed by atoms with E-state index in [9.17, 15) is 0 Å². The van der Waals surface area contributed by atoms with Crippen molar-refractivity contribution in [2.75, 3.05) is 4.90 Å². The molecule has 5 nitrogen and oxygen atoms in total. The molecule has 1 aliphatic heterocycles. The minimum absolute atomic E-state index is 0.108. The zero-order valence-corrected chi connectivity index (χ0v) is 31.4. The van der Waals surface area contributed by atoms with E-state index < -0.39 is 0 Å². The van der Waals surface area contributed by atoms with Crippen molar-refractivity contribution in [3.05, 3.63) is 206 Å². The van der Waals surface area contributed by atoms with Gasteiger partial charge in [-0.15, -0.1) is 0 Å². The number of para-hydroxylation sites is 1. The molecule has 0 N–H and O–H groups in total. The molecule has 2 atom stereocenters. The molecule has 7 aromatic carbocycles. The summed E-state index contributed by atoms with van der Waals surface area (Å²) in [7, 11) is 0. The molecule has 57 heavy (non-hydrogen) atoms. The highest BCUT2D eigenvalue weighted by molar-refractivity contribution is 6.10. The molecule has 270 valence electrons. The van der Waals surface area contributed by atoms with Crippen molar-refractivity contribution in [2.45, 2.75) is 18.4 Å². The molecule has 2 unspecified atom stereocenters. The maximum atomic E-state index is 4.98. The lowest BCUT2D eigenvalue weighted by atomic mass is 9.76. The van der Waals surface area contributed by atoms with Gasteiger partial charge in [-0.3, -0.25) is 0 Å². The molecule has 2 aromatic heterocycles. The van der Waals surface area contributed by atoms with Crippen LogP contribution < -0.4 is 4.90 Å². The summed E-state index contributed by atoms with van der Waals surface area (Å²) < 4.78 is 2.43. The second-order valence-electron chi connectivity index (χ2n) is 15.1. The van der Waals surface area contributed by atoms with Gasteiger partial charge in [-0.1, -0.05) is 140 Å². The van der Waals surface area contributed by atoms with Gasteiger partial charge in [0.2, 0.25) is 0 Å². The van der Waals surface area contributed by atoms with E-state index in [2.05, 4.69) is 156 Å². The Morgan fingerprint density at radius 3 is 1.67 bits per heavy atom. The van der Waals surface area contributed by atoms with Crippen molar-refractivity contribution >= 4 is 33.2 Å². The van der Waals surface area contributed by atoms with E-state index >= 15 is 0 Å². The van der Waals surface area contributed by atoms with E-state index in [1.54, 1.807) is 0 Å². The Morgan fingerprint density at radius 2 is 1.00 bits per heavy atom. The highest BCUT2D eigenvalue weighted by Gasteiger charge is 2.46. The van der Waals surface area contributed by atoms with Crippen molar-refractivity contribution in [3.8, 4) is 51.0 Å². The number of nitrogens with zero attached hydrogens (tertiary/aromatic N) is 5. The number of hydrogen-bond donors (Lipinski definition) is 0. The molecule has 0 saturated heterocycles. The van der Waals surface area contributed by atoms with Gasteiger partial charge in [0, 0.05) is 49.9 Å². The minimum Gasteiger partial charge on any atom is -0.333 e. The molecule has 0 radical (unpaired) electrons. The van der Waals surface area contributed by atoms with Gasteiger partial charge in [-0.05, 0) is 84.3 Å². The average Bonchev–Trinajstić information content (AvgIpc) is 3.75. The number of anilines is 2. The van der Waals surface area contributed by atoms with Crippen LogP contribution in [0.4, 0.5) is 11.4 Å². The van der Waals surface area contributed by atoms with Crippen LogP contribution in [0, 0.1) is 0 Å². The number of hydrogen-bond acceptors (Lipinski definition) is 4. The van der Waals surface area contributed by atoms with Gasteiger partial charge >= 0.3 is 0 Å². The van der Waals surface area contributed by atoms with Crippen molar-refractivity contribution < 1.29 is 0 Å². The first-order valence-corrected chi connectivity index (χ1v) is 19.5. The lowest BCUT2D eigenvalue weighted by molar-refractivity contribution is 0.550. The fourth-order valence-electron chi connectivity index (χ4n) is 8.85. The molecule has 11 rings (SSSR count). The topological polar surface area (TPSA) is 46.8 Å². The molecule has 3 heterocycles. The first-order chi connectivity index (χ1) is 28.1. The predicted molar refractivity (Wildman–Crippen MR) is 234 cm³/mol. The van der Waals surface area contributed by atoms with E-state index in [-0.39, 0.29) is 11.5 Å². The van der Waals surface area contributed by atoms with Crippen LogP contribution in [0.15, 0.2) is 200 Å². The second kappa shape index (κ2) is 13.1. The Balaban J connectivity index is 1.00. The van der Waals surface area contributed by atoms with E-state index in [0.717, 1.165) is 28.1 Å². The predicted octanol–water partition coefficient (Wildman–Crippen LogP) is 12.5. The largest absolute Gasteiger partial charge is 0.333 e. The van der Waals surface area contributed by atoms with Crippen LogP contribution in [0.25, 0.3) is 72.8 Å². The number of allylic oxidation sites excluding steroid dienone is 2. The van der Waals surface area contributed by atoms with Crippen molar-refractivity contribution in [3.63, 3.8) is 0 Å². The lowest BCUT2D eigenvalue weighted by Gasteiger charge is -2.34. The highest BCUT2D eigenvalue weighted by atomic mass is 15.2. The van der Waals surface area contributed by atoms with Gasteiger partial charge < -0.3 is 9.47 Å². The van der Waals surface area contributed by atoms with Gasteiger partial charge in [0.1, 0.15) is 0 Å². The van der Waals surface area contributed by atoms with Gasteiger partial charge in [0.25, 0.3) is 0 Å². The molecule has 0 saturated carbocycles. The van der Waals surface area contributed by atoms with Crippen molar-refractivity contribution in [1.82, 2.24) is 19.5 Å². The Morgan fingerprint density at radius 1 is 0.456 bits per heavy atom. The Labute approximate surface area is 331 Å². The van der Waals surface area contributed by atoms with E-state index in [1.807, 2.05) is 60.7 Å². The molecule has 9 aromatic rings. The Kier molecular flexibility index (Phi) is 7.61. The van der Waals surface area contributed by atoms with Gasteiger partial charge in [0.05, 0.1) is 17.1 Å². The summed E-state index contributed by atoms with van der Waals surface area (Å²) >= 11 is 0. The van der Waals surface area contributed by atoms with E-state index in [1.165, 1.54) is 44.2 Å². The SMILES string of the molecule is CC12C=CC=CC1N(c1ccc(-c3nc(-c4ccccc4)nc(-c4ccccc4)n3)cc1)c1ccc(-n3c4ccccc4c4cc(-c5ccccc5)ccc43)cc12. The average molecular weight is 732 g/mol. The monoisotopic (exact) mass is 731 g/mol. The van der Waals surface area contributed by atoms with Crippen LogP contribution in [0.5, 0.6) is 0 Å². The Bertz CT molecular complexity index is 2960. The normalized spacial score (nSPS) is 16.9. The zero-order chi connectivity index (χ0) is 37.9. The molecule has 2 aliphatic rings. The maximum absolute atomic E-state index is 4.98. The molecule has 1 aliphatic carbocycles. The second-order valence-corrected chi connectivity index (χ2v) is 15.1. The van der Waals surface area contributed by atoms with E-state index in [4.69, 9.17) is 15.0 Å². The zero-order valence-electron chi connectivity index (χ0n) is 31.4. The van der Waals surface area contributed by atoms with Crippen molar-refractivity contribution in [1.29, 1.82) is 0 Å². The molecular formula is C52H37N5. The third-order valence-electron chi connectivity index (χ3n) is 11.7. The smallest absolute Gasteiger partial charge is 0.164 e. The molecular weight excluding hydrogens is 695 g/mol. The third kappa shape index (κ3) is 5.42. The quantitative estimate of drug-likeness (QED) is 0.171. The van der Waals surface area contributed by atoms with Gasteiger partial charge in [-0.25, -0.2) is 15.0 Å². The lowest BCUT2D eigenvalue weighted by Crippen LogP contribution is -2.39. The molecule has 0 amide bonds. The molecule has 0 bridgehead atoms. The minimum atomic E-state index is -0.235. The summed E-state index contributed by atoms with van der Waals surface area (Å²) in [5.41, 5.74) is 12.3. The fourth-order valence-corrected chi connectivity index (χ4v) is 8.85. The molecule has 5 heteroatoms. The number of fused-ring (bicyclic) bond motifs is 6. The molecule has 0 spiro atoms. The van der Waals surface area contributed by atoms with Gasteiger partial charge in [-0.2, -0.15) is 0 Å². The number of rotatable bonds is 6.